The van der Waals surface area contributed by atoms with Crippen molar-refractivity contribution in [2.75, 3.05) is 13.2 Å². The van der Waals surface area contributed by atoms with Crippen LogP contribution in [-0.2, 0) is 10.3 Å². The van der Waals surface area contributed by atoms with Crippen molar-refractivity contribution in [3.05, 3.63) is 69.8 Å². The number of carbonyl (C=O) groups excluding carboxylic acids is 2. The zero-order valence-electron chi connectivity index (χ0n) is 16.0. The van der Waals surface area contributed by atoms with Gasteiger partial charge < -0.3 is 15.2 Å². The molecule has 1 aliphatic heterocycles. The fourth-order valence-electron chi connectivity index (χ4n) is 3.14. The number of urea groups is 1. The second-order valence-corrected chi connectivity index (χ2v) is 7.01. The molecule has 1 fully saturated rings. The van der Waals surface area contributed by atoms with Crippen LogP contribution in [0.4, 0.5) is 10.5 Å². The van der Waals surface area contributed by atoms with E-state index in [4.69, 9.17) is 4.74 Å². The molecule has 2 aromatic rings. The first-order chi connectivity index (χ1) is 13.7. The maximum absolute atomic E-state index is 12.9. The van der Waals surface area contributed by atoms with Crippen molar-refractivity contribution in [2.24, 2.45) is 0 Å². The maximum Gasteiger partial charge on any atom is 0.325 e. The Bertz CT molecular complexity index is 945. The SMILES string of the molecule is Cc1ccccc1OC[C@@H](O)CN1C(=O)N[C@@](C)(c2ccc([N+](=O)[O-])cc2)C1=O. The third-order valence-corrected chi connectivity index (χ3v) is 4.85. The van der Waals surface area contributed by atoms with E-state index < -0.39 is 28.5 Å². The van der Waals surface area contributed by atoms with Crippen LogP contribution in [0.5, 0.6) is 5.75 Å². The summed E-state index contributed by atoms with van der Waals surface area (Å²) in [5.41, 5.74) is -0.173. The molecule has 9 heteroatoms. The number of nitro benzene ring substituents is 1. The van der Waals surface area contributed by atoms with E-state index in [-0.39, 0.29) is 18.8 Å². The molecular weight excluding hydrogens is 378 g/mol. The highest BCUT2D eigenvalue weighted by molar-refractivity contribution is 6.07. The number of benzene rings is 2. The first-order valence-corrected chi connectivity index (χ1v) is 8.98. The van der Waals surface area contributed by atoms with E-state index in [0.29, 0.717) is 11.3 Å². The van der Waals surface area contributed by atoms with Crippen molar-refractivity contribution in [1.29, 1.82) is 0 Å². The van der Waals surface area contributed by atoms with Gasteiger partial charge in [-0.2, -0.15) is 0 Å². The lowest BCUT2D eigenvalue weighted by Crippen LogP contribution is -2.42. The summed E-state index contributed by atoms with van der Waals surface area (Å²) in [4.78, 5) is 36.4. The Morgan fingerprint density at radius 3 is 2.48 bits per heavy atom. The van der Waals surface area contributed by atoms with E-state index in [0.717, 1.165) is 10.5 Å². The molecule has 1 saturated heterocycles. The van der Waals surface area contributed by atoms with Gasteiger partial charge in [0.2, 0.25) is 0 Å². The van der Waals surface area contributed by atoms with Gasteiger partial charge in [0.15, 0.2) is 0 Å². The average Bonchev–Trinajstić information content (AvgIpc) is 2.91. The summed E-state index contributed by atoms with van der Waals surface area (Å²) in [6.45, 7) is 3.06. The zero-order chi connectivity index (χ0) is 21.2. The maximum atomic E-state index is 12.9. The molecule has 0 unspecified atom stereocenters. The highest BCUT2D eigenvalue weighted by Gasteiger charge is 2.49. The molecule has 1 aliphatic rings. The Kier molecular flexibility index (Phi) is 5.51. The molecule has 0 aromatic heterocycles. The van der Waals surface area contributed by atoms with Crippen LogP contribution in [0.3, 0.4) is 0 Å². The predicted octanol–water partition coefficient (Wildman–Crippen LogP) is 2.11. The van der Waals surface area contributed by atoms with Gasteiger partial charge in [-0.15, -0.1) is 0 Å². The summed E-state index contributed by atoms with van der Waals surface area (Å²) in [5, 5.41) is 23.7. The third-order valence-electron chi connectivity index (χ3n) is 4.85. The van der Waals surface area contributed by atoms with E-state index >= 15 is 0 Å². The van der Waals surface area contributed by atoms with Crippen molar-refractivity contribution in [1.82, 2.24) is 10.2 Å². The van der Waals surface area contributed by atoms with Gasteiger partial charge in [0.1, 0.15) is 24.0 Å². The summed E-state index contributed by atoms with van der Waals surface area (Å²) in [6, 6.07) is 12.1. The van der Waals surface area contributed by atoms with E-state index in [9.17, 15) is 24.8 Å². The molecule has 0 bridgehead atoms. The van der Waals surface area contributed by atoms with Crippen molar-refractivity contribution in [2.45, 2.75) is 25.5 Å². The second-order valence-electron chi connectivity index (χ2n) is 7.01. The minimum Gasteiger partial charge on any atom is -0.491 e. The predicted molar refractivity (Wildman–Crippen MR) is 103 cm³/mol. The Hall–Kier alpha value is -3.46. The number of β-amino-alcohol motifs (C(OH)–C–C–N with tert-alkyl or cyclic N) is 1. The van der Waals surface area contributed by atoms with Gasteiger partial charge >= 0.3 is 6.03 Å². The zero-order valence-corrected chi connectivity index (χ0v) is 16.0. The van der Waals surface area contributed by atoms with Crippen LogP contribution in [0.1, 0.15) is 18.1 Å². The summed E-state index contributed by atoms with van der Waals surface area (Å²) >= 11 is 0. The lowest BCUT2D eigenvalue weighted by Gasteiger charge is -2.23. The largest absolute Gasteiger partial charge is 0.491 e. The van der Waals surface area contributed by atoms with Crippen LogP contribution in [0.15, 0.2) is 48.5 Å². The molecule has 0 aliphatic carbocycles. The van der Waals surface area contributed by atoms with Gasteiger partial charge in [0.05, 0.1) is 11.5 Å². The summed E-state index contributed by atoms with van der Waals surface area (Å²) in [5.74, 6) is 0.0609. The Labute approximate surface area is 167 Å². The number of nitrogens with one attached hydrogen (secondary N) is 1. The average molecular weight is 399 g/mol. The van der Waals surface area contributed by atoms with Crippen molar-refractivity contribution in [3.63, 3.8) is 0 Å². The molecule has 2 atom stereocenters. The number of nitro groups is 1. The number of rotatable bonds is 7. The number of ether oxygens (including phenoxy) is 1. The first-order valence-electron chi connectivity index (χ1n) is 8.98. The van der Waals surface area contributed by atoms with E-state index in [1.54, 1.807) is 6.07 Å². The smallest absolute Gasteiger partial charge is 0.325 e. The molecule has 2 aromatic carbocycles. The number of aliphatic hydroxyl groups is 1. The molecule has 3 rings (SSSR count). The number of imide groups is 1. The van der Waals surface area contributed by atoms with Crippen molar-refractivity contribution >= 4 is 17.6 Å². The lowest BCUT2D eigenvalue weighted by molar-refractivity contribution is -0.384. The Morgan fingerprint density at radius 1 is 1.21 bits per heavy atom. The molecular formula is C20H21N3O6. The minimum atomic E-state index is -1.37. The minimum absolute atomic E-state index is 0.0871. The van der Waals surface area contributed by atoms with Crippen LogP contribution < -0.4 is 10.1 Å². The van der Waals surface area contributed by atoms with Gasteiger partial charge in [-0.3, -0.25) is 19.8 Å². The quantitative estimate of drug-likeness (QED) is 0.418. The van der Waals surface area contributed by atoms with Gasteiger partial charge in [0, 0.05) is 12.1 Å². The first kappa shape index (κ1) is 20.3. The van der Waals surface area contributed by atoms with E-state index in [2.05, 4.69) is 5.32 Å². The fraction of sp³-hybridized carbons (Fsp3) is 0.300. The summed E-state index contributed by atoms with van der Waals surface area (Å²) < 4.78 is 5.57. The van der Waals surface area contributed by atoms with Crippen molar-refractivity contribution < 1.29 is 24.4 Å². The second kappa shape index (κ2) is 7.88. The highest BCUT2D eigenvalue weighted by atomic mass is 16.6. The molecule has 0 saturated carbocycles. The number of aryl methyl sites for hydroxylation is 1. The molecule has 1 heterocycles. The molecule has 9 nitrogen and oxygen atoms in total. The normalized spacial score (nSPS) is 19.8. The van der Waals surface area contributed by atoms with Crippen LogP contribution in [0.25, 0.3) is 0 Å². The van der Waals surface area contributed by atoms with Gasteiger partial charge in [-0.05, 0) is 43.2 Å². The standard InChI is InChI=1S/C20H21N3O6/c1-13-5-3-4-6-17(13)29-12-16(24)11-22-18(25)20(2,21-19(22)26)14-7-9-15(10-8-14)23(27)28/h3-10,16,24H,11-12H2,1-2H3,(H,21,26)/t16-,20-/m0/s1. The van der Waals surface area contributed by atoms with Gasteiger partial charge in [-0.25, -0.2) is 4.79 Å². The number of hydrogen-bond acceptors (Lipinski definition) is 6. The Balaban J connectivity index is 1.68. The summed E-state index contributed by atoms with van der Waals surface area (Å²) in [7, 11) is 0. The summed E-state index contributed by atoms with van der Waals surface area (Å²) in [6.07, 6.45) is -1.08. The van der Waals surface area contributed by atoms with Crippen LogP contribution in [-0.4, -0.2) is 46.1 Å². The highest BCUT2D eigenvalue weighted by Crippen LogP contribution is 2.30. The number of nitrogens with zero attached hydrogens (tertiary/aromatic N) is 2. The topological polar surface area (TPSA) is 122 Å². The van der Waals surface area contributed by atoms with Crippen molar-refractivity contribution in [3.8, 4) is 5.75 Å². The molecule has 0 spiro atoms. The lowest BCUT2D eigenvalue weighted by atomic mass is 9.92. The third kappa shape index (κ3) is 4.04. The van der Waals surface area contributed by atoms with Gasteiger partial charge in [0.25, 0.3) is 11.6 Å². The van der Waals surface area contributed by atoms with E-state index in [1.165, 1.54) is 31.2 Å². The number of hydrogen-bond donors (Lipinski definition) is 2. The van der Waals surface area contributed by atoms with Crippen LogP contribution in [0, 0.1) is 17.0 Å². The molecule has 3 amide bonds. The van der Waals surface area contributed by atoms with Gasteiger partial charge in [-0.1, -0.05) is 18.2 Å². The molecule has 0 radical (unpaired) electrons. The Morgan fingerprint density at radius 2 is 1.86 bits per heavy atom. The van der Waals surface area contributed by atoms with E-state index in [1.807, 2.05) is 25.1 Å². The number of aliphatic hydroxyl groups excluding tert-OH is 1. The monoisotopic (exact) mass is 399 g/mol. The molecule has 152 valence electrons. The number of amides is 3. The van der Waals surface area contributed by atoms with Crippen LogP contribution >= 0.6 is 0 Å². The fourth-order valence-corrected chi connectivity index (χ4v) is 3.14. The number of non-ortho nitro benzene ring substituents is 1. The van der Waals surface area contributed by atoms with Crippen LogP contribution in [0.2, 0.25) is 0 Å². The molecule has 2 N–H and O–H groups in total. The molecule has 29 heavy (non-hydrogen) atoms. The number of para-hydroxylation sites is 1. The number of carbonyl (C=O) groups is 2.